The van der Waals surface area contributed by atoms with Crippen molar-refractivity contribution in [3.05, 3.63) is 71.8 Å². The Hall–Kier alpha value is -1.31. The van der Waals surface area contributed by atoms with Crippen molar-refractivity contribution in [2.24, 2.45) is 0 Å². The first-order valence-corrected chi connectivity index (χ1v) is 9.01. The number of benzene rings is 2. The van der Waals surface area contributed by atoms with Crippen LogP contribution in [0.3, 0.4) is 0 Å². The fraction of sp³-hybridized carbons (Fsp3) is 0.176. The van der Waals surface area contributed by atoms with Crippen molar-refractivity contribution in [3.63, 3.8) is 0 Å². The Balaban J connectivity index is 2.01. The molecule has 1 atom stereocenters. The molecule has 0 saturated carbocycles. The van der Waals surface area contributed by atoms with Gasteiger partial charge in [-0.2, -0.15) is 0 Å². The summed E-state index contributed by atoms with van der Waals surface area (Å²) < 4.78 is 0. The molecule has 19 heavy (non-hydrogen) atoms. The minimum Gasteiger partial charge on any atom is -0.122 e. The second kappa shape index (κ2) is 5.36. The van der Waals surface area contributed by atoms with E-state index in [1.165, 1.54) is 27.8 Å². The molecule has 1 unspecified atom stereocenters. The van der Waals surface area contributed by atoms with Gasteiger partial charge in [-0.3, -0.25) is 0 Å². The SMILES string of the molecule is C=CC[SiH2]C(Cl)c1cccc2c1Cc1ccccc1-2. The Morgan fingerprint density at radius 2 is 1.95 bits per heavy atom. The van der Waals surface area contributed by atoms with E-state index in [4.69, 9.17) is 11.6 Å². The number of hydrogen-bond acceptors (Lipinski definition) is 0. The van der Waals surface area contributed by atoms with Gasteiger partial charge in [0.05, 0.1) is 9.52 Å². The predicted molar refractivity (Wildman–Crippen MR) is 86.8 cm³/mol. The maximum absolute atomic E-state index is 6.63. The third-order valence-corrected chi connectivity index (χ3v) is 6.43. The number of alkyl halides is 1. The van der Waals surface area contributed by atoms with Crippen molar-refractivity contribution in [3.8, 4) is 11.1 Å². The number of rotatable bonds is 4. The number of allylic oxidation sites excluding steroid dienone is 1. The van der Waals surface area contributed by atoms with Crippen LogP contribution < -0.4 is 0 Å². The zero-order valence-corrected chi connectivity index (χ0v) is 13.1. The largest absolute Gasteiger partial charge is 0.122 e. The van der Waals surface area contributed by atoms with Gasteiger partial charge in [0.25, 0.3) is 0 Å². The zero-order chi connectivity index (χ0) is 13.2. The van der Waals surface area contributed by atoms with E-state index in [1.807, 2.05) is 6.08 Å². The molecule has 0 N–H and O–H groups in total. The Morgan fingerprint density at radius 3 is 2.79 bits per heavy atom. The van der Waals surface area contributed by atoms with E-state index < -0.39 is 0 Å². The van der Waals surface area contributed by atoms with Gasteiger partial charge in [-0.05, 0) is 40.3 Å². The summed E-state index contributed by atoms with van der Waals surface area (Å²) in [6.45, 7) is 3.81. The van der Waals surface area contributed by atoms with Gasteiger partial charge in [0.2, 0.25) is 0 Å². The van der Waals surface area contributed by atoms with Gasteiger partial charge in [-0.1, -0.05) is 48.5 Å². The molecule has 0 saturated heterocycles. The minimum absolute atomic E-state index is 0.224. The van der Waals surface area contributed by atoms with Crippen LogP contribution in [0, 0.1) is 0 Å². The van der Waals surface area contributed by atoms with E-state index in [1.54, 1.807) is 0 Å². The molecule has 0 radical (unpaired) electrons. The number of halogens is 1. The summed E-state index contributed by atoms with van der Waals surface area (Å²) in [4.78, 5) is 0. The third kappa shape index (κ3) is 2.29. The molecule has 2 aromatic rings. The highest BCUT2D eigenvalue weighted by atomic mass is 35.5. The quantitative estimate of drug-likeness (QED) is 0.381. The van der Waals surface area contributed by atoms with Crippen molar-refractivity contribution < 1.29 is 0 Å². The molecule has 96 valence electrons. The molecule has 0 spiro atoms. The van der Waals surface area contributed by atoms with E-state index >= 15 is 0 Å². The van der Waals surface area contributed by atoms with Crippen molar-refractivity contribution >= 4 is 21.1 Å². The Labute approximate surface area is 121 Å². The van der Waals surface area contributed by atoms with Gasteiger partial charge in [0.15, 0.2) is 0 Å². The summed E-state index contributed by atoms with van der Waals surface area (Å²) in [5.74, 6) is 0. The van der Waals surface area contributed by atoms with E-state index in [2.05, 4.69) is 49.0 Å². The first-order chi connectivity index (χ1) is 9.31. The molecule has 0 bridgehead atoms. The summed E-state index contributed by atoms with van der Waals surface area (Å²) in [6, 6.07) is 16.4. The van der Waals surface area contributed by atoms with Gasteiger partial charge in [-0.15, -0.1) is 18.2 Å². The first kappa shape index (κ1) is 12.7. The maximum Gasteiger partial charge on any atom is 0.0512 e. The van der Waals surface area contributed by atoms with E-state index in [9.17, 15) is 0 Å². The Kier molecular flexibility index (Phi) is 3.58. The molecule has 0 fully saturated rings. The third-order valence-electron chi connectivity index (χ3n) is 3.85. The second-order valence-corrected chi connectivity index (χ2v) is 8.06. The predicted octanol–water partition coefficient (Wildman–Crippen LogP) is 4.27. The molecule has 2 heteroatoms. The van der Waals surface area contributed by atoms with Crippen molar-refractivity contribution in [2.75, 3.05) is 0 Å². The lowest BCUT2D eigenvalue weighted by atomic mass is 10.0. The topological polar surface area (TPSA) is 0 Å². The number of hydrogen-bond donors (Lipinski definition) is 0. The maximum atomic E-state index is 6.63. The van der Waals surface area contributed by atoms with Crippen LogP contribution in [0.4, 0.5) is 0 Å². The molecule has 3 rings (SSSR count). The molecule has 2 aromatic carbocycles. The van der Waals surface area contributed by atoms with E-state index in [0.717, 1.165) is 12.5 Å². The molecule has 0 amide bonds. The second-order valence-electron chi connectivity index (χ2n) is 5.04. The fourth-order valence-corrected chi connectivity index (χ4v) is 4.70. The van der Waals surface area contributed by atoms with Crippen LogP contribution in [-0.4, -0.2) is 9.52 Å². The lowest BCUT2D eigenvalue weighted by molar-refractivity contribution is 1.17. The van der Waals surface area contributed by atoms with Crippen LogP contribution in [0.5, 0.6) is 0 Å². The Bertz CT molecular complexity index is 618. The molecule has 0 aromatic heterocycles. The normalized spacial score (nSPS) is 14.4. The standard InChI is InChI=1S/C17H17ClSi/c1-2-10-19-17(18)15-9-5-8-14-13-7-4-3-6-12(13)11-16(14)15/h2-9,17H,1,10-11,19H2. The van der Waals surface area contributed by atoms with E-state index in [0.29, 0.717) is 0 Å². The lowest BCUT2D eigenvalue weighted by Gasteiger charge is -2.13. The Morgan fingerprint density at radius 1 is 1.16 bits per heavy atom. The van der Waals surface area contributed by atoms with Crippen LogP contribution >= 0.6 is 11.6 Å². The van der Waals surface area contributed by atoms with Crippen LogP contribution in [0.1, 0.15) is 21.7 Å². The summed E-state index contributed by atoms with van der Waals surface area (Å²) >= 11 is 6.63. The average molecular weight is 285 g/mol. The molecular weight excluding hydrogens is 268 g/mol. The van der Waals surface area contributed by atoms with Gasteiger partial charge in [-0.25, -0.2) is 0 Å². The highest BCUT2D eigenvalue weighted by Crippen LogP contribution is 2.40. The molecule has 1 aliphatic carbocycles. The highest BCUT2D eigenvalue weighted by Gasteiger charge is 2.22. The first-order valence-electron chi connectivity index (χ1n) is 6.76. The zero-order valence-electron chi connectivity index (χ0n) is 10.9. The van der Waals surface area contributed by atoms with Crippen molar-refractivity contribution in [1.82, 2.24) is 0 Å². The molecule has 0 aliphatic heterocycles. The molecule has 1 aliphatic rings. The van der Waals surface area contributed by atoms with Crippen molar-refractivity contribution in [2.45, 2.75) is 17.5 Å². The van der Waals surface area contributed by atoms with Crippen LogP contribution in [0.25, 0.3) is 11.1 Å². The summed E-state index contributed by atoms with van der Waals surface area (Å²) in [6.07, 6.45) is 3.03. The minimum atomic E-state index is -0.319. The van der Waals surface area contributed by atoms with Crippen LogP contribution in [-0.2, 0) is 6.42 Å². The lowest BCUT2D eigenvalue weighted by Crippen LogP contribution is -2.03. The van der Waals surface area contributed by atoms with Crippen LogP contribution in [0.2, 0.25) is 6.04 Å². The van der Waals surface area contributed by atoms with Crippen LogP contribution in [0.15, 0.2) is 55.1 Å². The summed E-state index contributed by atoms with van der Waals surface area (Å²) in [5.41, 5.74) is 6.99. The summed E-state index contributed by atoms with van der Waals surface area (Å²) in [5, 5.41) is 0.224. The van der Waals surface area contributed by atoms with Gasteiger partial charge in [0, 0.05) is 5.00 Å². The smallest absolute Gasteiger partial charge is 0.0512 e. The van der Waals surface area contributed by atoms with Gasteiger partial charge >= 0.3 is 0 Å². The summed E-state index contributed by atoms with van der Waals surface area (Å²) in [7, 11) is -0.319. The molecule has 0 nitrogen and oxygen atoms in total. The van der Waals surface area contributed by atoms with Gasteiger partial charge in [0.1, 0.15) is 0 Å². The van der Waals surface area contributed by atoms with E-state index in [-0.39, 0.29) is 14.5 Å². The molecular formula is C17H17ClSi. The highest BCUT2D eigenvalue weighted by molar-refractivity contribution is 6.53. The fourth-order valence-electron chi connectivity index (χ4n) is 2.90. The molecule has 0 heterocycles. The number of fused-ring (bicyclic) bond motifs is 3. The monoisotopic (exact) mass is 284 g/mol. The average Bonchev–Trinajstić information content (AvgIpc) is 2.83. The van der Waals surface area contributed by atoms with Crippen molar-refractivity contribution in [1.29, 1.82) is 0 Å². The van der Waals surface area contributed by atoms with Gasteiger partial charge < -0.3 is 0 Å².